The number of nitrogens with one attached hydrogen (secondary N) is 1. The number of piperidine rings is 1. The van der Waals surface area contributed by atoms with Crippen molar-refractivity contribution >= 4 is 28.1 Å². The standard InChI is InChI=1S/C15H19N3S/c16-15(19)14(18-8-4-1-5-9-18)12-10-17-13-7-3-2-6-11(12)13/h2-3,6-7,10,14,17H,1,4-5,8-9H2,(H2,16,19). The number of H-pyrrole nitrogens is 1. The van der Waals surface area contributed by atoms with Gasteiger partial charge in [-0.25, -0.2) is 0 Å². The summed E-state index contributed by atoms with van der Waals surface area (Å²) in [6, 6.07) is 8.39. The molecule has 2 heterocycles. The molecule has 0 spiro atoms. The van der Waals surface area contributed by atoms with E-state index < -0.39 is 0 Å². The lowest BCUT2D eigenvalue weighted by atomic mass is 10.0. The molecule has 2 aromatic rings. The molecule has 1 aliphatic rings. The van der Waals surface area contributed by atoms with Crippen LogP contribution in [-0.2, 0) is 0 Å². The summed E-state index contributed by atoms with van der Waals surface area (Å²) in [5, 5.41) is 1.23. The zero-order chi connectivity index (χ0) is 13.2. The van der Waals surface area contributed by atoms with Crippen molar-refractivity contribution in [2.45, 2.75) is 25.3 Å². The maximum Gasteiger partial charge on any atom is 0.0949 e. The van der Waals surface area contributed by atoms with Crippen LogP contribution in [0.1, 0.15) is 30.9 Å². The number of rotatable bonds is 3. The van der Waals surface area contributed by atoms with Crippen LogP contribution in [-0.4, -0.2) is 28.0 Å². The fraction of sp³-hybridized carbons (Fsp3) is 0.400. The third-order valence-corrected chi connectivity index (χ3v) is 4.16. The van der Waals surface area contributed by atoms with Gasteiger partial charge in [-0.1, -0.05) is 36.8 Å². The summed E-state index contributed by atoms with van der Waals surface area (Å²) >= 11 is 5.33. The maximum atomic E-state index is 6.03. The topological polar surface area (TPSA) is 45.1 Å². The predicted octanol–water partition coefficient (Wildman–Crippen LogP) is 2.98. The Morgan fingerprint density at radius 2 is 1.95 bits per heavy atom. The van der Waals surface area contributed by atoms with E-state index in [9.17, 15) is 0 Å². The molecule has 1 aromatic heterocycles. The summed E-state index contributed by atoms with van der Waals surface area (Å²) in [7, 11) is 0. The molecular formula is C15H19N3S. The molecule has 1 aromatic carbocycles. The number of thiocarbonyl (C=S) groups is 1. The van der Waals surface area contributed by atoms with Crippen LogP contribution in [0.4, 0.5) is 0 Å². The second-order valence-corrected chi connectivity index (χ2v) is 5.66. The molecule has 0 amide bonds. The Morgan fingerprint density at radius 1 is 1.21 bits per heavy atom. The fourth-order valence-electron chi connectivity index (χ4n) is 3.03. The molecule has 0 bridgehead atoms. The number of hydrogen-bond donors (Lipinski definition) is 2. The van der Waals surface area contributed by atoms with Gasteiger partial charge in [0.1, 0.15) is 0 Å². The van der Waals surface area contributed by atoms with Gasteiger partial charge in [0, 0.05) is 22.7 Å². The van der Waals surface area contributed by atoms with E-state index in [2.05, 4.69) is 34.3 Å². The normalized spacial score (nSPS) is 18.5. The average molecular weight is 273 g/mol. The molecule has 19 heavy (non-hydrogen) atoms. The van der Waals surface area contributed by atoms with Crippen LogP contribution >= 0.6 is 12.2 Å². The number of fused-ring (bicyclic) bond motifs is 1. The Bertz CT molecular complexity index is 584. The van der Waals surface area contributed by atoms with Crippen LogP contribution < -0.4 is 5.73 Å². The number of para-hydroxylation sites is 1. The molecular weight excluding hydrogens is 254 g/mol. The lowest BCUT2D eigenvalue weighted by Gasteiger charge is -2.33. The molecule has 1 aliphatic heterocycles. The zero-order valence-corrected chi connectivity index (χ0v) is 11.7. The van der Waals surface area contributed by atoms with Gasteiger partial charge in [-0.15, -0.1) is 0 Å². The highest BCUT2D eigenvalue weighted by atomic mass is 32.1. The van der Waals surface area contributed by atoms with Crippen LogP contribution in [0.5, 0.6) is 0 Å². The van der Waals surface area contributed by atoms with E-state index in [1.807, 2.05) is 6.07 Å². The van der Waals surface area contributed by atoms with Gasteiger partial charge < -0.3 is 10.7 Å². The Morgan fingerprint density at radius 3 is 2.68 bits per heavy atom. The molecule has 3 nitrogen and oxygen atoms in total. The SMILES string of the molecule is NC(=S)C(c1c[nH]c2ccccc12)N1CCCCC1. The number of benzene rings is 1. The number of aromatic amines is 1. The summed E-state index contributed by atoms with van der Waals surface area (Å²) < 4.78 is 0. The number of hydrogen-bond acceptors (Lipinski definition) is 2. The molecule has 0 saturated carbocycles. The minimum absolute atomic E-state index is 0.0615. The monoisotopic (exact) mass is 273 g/mol. The number of aromatic nitrogens is 1. The van der Waals surface area contributed by atoms with Gasteiger partial charge in [-0.05, 0) is 32.0 Å². The van der Waals surface area contributed by atoms with Crippen LogP contribution in [0.2, 0.25) is 0 Å². The summed E-state index contributed by atoms with van der Waals surface area (Å²) in [6.45, 7) is 2.17. The third-order valence-electron chi connectivity index (χ3n) is 3.94. The van der Waals surface area contributed by atoms with Crippen molar-refractivity contribution in [3.05, 3.63) is 36.0 Å². The second kappa shape index (κ2) is 5.31. The highest BCUT2D eigenvalue weighted by Gasteiger charge is 2.26. The van der Waals surface area contributed by atoms with E-state index >= 15 is 0 Å². The van der Waals surface area contributed by atoms with Crippen LogP contribution in [0.25, 0.3) is 10.9 Å². The van der Waals surface area contributed by atoms with Crippen LogP contribution in [0, 0.1) is 0 Å². The summed E-state index contributed by atoms with van der Waals surface area (Å²) in [5.41, 5.74) is 8.39. The van der Waals surface area contributed by atoms with Crippen molar-refractivity contribution in [2.24, 2.45) is 5.73 Å². The van der Waals surface area contributed by atoms with Gasteiger partial charge >= 0.3 is 0 Å². The summed E-state index contributed by atoms with van der Waals surface area (Å²) in [6.07, 6.45) is 5.85. The van der Waals surface area contributed by atoms with Gasteiger partial charge in [0.05, 0.1) is 11.0 Å². The first-order chi connectivity index (χ1) is 9.27. The molecule has 1 atom stereocenters. The molecule has 0 radical (unpaired) electrons. The van der Waals surface area contributed by atoms with Crippen molar-refractivity contribution in [2.75, 3.05) is 13.1 Å². The van der Waals surface area contributed by atoms with Crippen molar-refractivity contribution in [3.63, 3.8) is 0 Å². The number of likely N-dealkylation sites (tertiary alicyclic amines) is 1. The minimum Gasteiger partial charge on any atom is -0.392 e. The van der Waals surface area contributed by atoms with Crippen molar-refractivity contribution < 1.29 is 0 Å². The van der Waals surface area contributed by atoms with Crippen molar-refractivity contribution in [1.29, 1.82) is 0 Å². The largest absolute Gasteiger partial charge is 0.392 e. The zero-order valence-electron chi connectivity index (χ0n) is 10.9. The molecule has 1 unspecified atom stereocenters. The van der Waals surface area contributed by atoms with Crippen LogP contribution in [0.15, 0.2) is 30.5 Å². The quantitative estimate of drug-likeness (QED) is 0.845. The maximum absolute atomic E-state index is 6.03. The van der Waals surface area contributed by atoms with Gasteiger partial charge in [0.15, 0.2) is 0 Å². The number of nitrogens with zero attached hydrogens (tertiary/aromatic N) is 1. The Labute approximate surface area is 118 Å². The van der Waals surface area contributed by atoms with E-state index in [-0.39, 0.29) is 6.04 Å². The third kappa shape index (κ3) is 2.38. The first kappa shape index (κ1) is 12.6. The Kier molecular flexibility index (Phi) is 3.53. The molecule has 3 rings (SSSR count). The lowest BCUT2D eigenvalue weighted by Crippen LogP contribution is -2.39. The lowest BCUT2D eigenvalue weighted by molar-refractivity contribution is 0.204. The van der Waals surface area contributed by atoms with Gasteiger partial charge in [0.2, 0.25) is 0 Å². The van der Waals surface area contributed by atoms with E-state index in [1.54, 1.807) is 0 Å². The van der Waals surface area contributed by atoms with Gasteiger partial charge in [-0.2, -0.15) is 0 Å². The van der Waals surface area contributed by atoms with Gasteiger partial charge in [0.25, 0.3) is 0 Å². The molecule has 3 N–H and O–H groups in total. The molecule has 0 aliphatic carbocycles. The first-order valence-corrected chi connectivity index (χ1v) is 7.27. The highest BCUT2D eigenvalue weighted by molar-refractivity contribution is 7.80. The average Bonchev–Trinajstić information content (AvgIpc) is 2.84. The highest BCUT2D eigenvalue weighted by Crippen LogP contribution is 2.30. The first-order valence-electron chi connectivity index (χ1n) is 6.87. The van der Waals surface area contributed by atoms with E-state index in [0.717, 1.165) is 18.6 Å². The van der Waals surface area contributed by atoms with Gasteiger partial charge in [-0.3, -0.25) is 4.90 Å². The number of nitrogens with two attached hydrogens (primary N) is 1. The summed E-state index contributed by atoms with van der Waals surface area (Å²) in [4.78, 5) is 6.31. The Hall–Kier alpha value is -1.39. The smallest absolute Gasteiger partial charge is 0.0949 e. The predicted molar refractivity (Wildman–Crippen MR) is 83.2 cm³/mol. The van der Waals surface area contributed by atoms with Crippen LogP contribution in [0.3, 0.4) is 0 Å². The Balaban J connectivity index is 2.01. The molecule has 4 heteroatoms. The van der Waals surface area contributed by atoms with E-state index in [0.29, 0.717) is 4.99 Å². The van der Waals surface area contributed by atoms with E-state index in [4.69, 9.17) is 18.0 Å². The fourth-order valence-corrected chi connectivity index (χ4v) is 3.30. The van der Waals surface area contributed by atoms with Crippen molar-refractivity contribution in [1.82, 2.24) is 9.88 Å². The molecule has 1 saturated heterocycles. The second-order valence-electron chi connectivity index (χ2n) is 5.19. The molecule has 1 fully saturated rings. The van der Waals surface area contributed by atoms with E-state index in [1.165, 1.54) is 30.2 Å². The molecule has 100 valence electrons. The summed E-state index contributed by atoms with van der Waals surface area (Å²) in [5.74, 6) is 0. The van der Waals surface area contributed by atoms with Crippen molar-refractivity contribution in [3.8, 4) is 0 Å². The minimum atomic E-state index is 0.0615.